The van der Waals surface area contributed by atoms with Crippen molar-refractivity contribution in [2.45, 2.75) is 24.2 Å². The maximum atomic E-state index is 12.8. The lowest BCUT2D eigenvalue weighted by atomic mass is 10.2. The first kappa shape index (κ1) is 19.2. The van der Waals surface area contributed by atoms with E-state index in [-0.39, 0.29) is 10.5 Å². The van der Waals surface area contributed by atoms with E-state index in [2.05, 4.69) is 5.32 Å². The molecule has 8 heteroatoms. The van der Waals surface area contributed by atoms with E-state index >= 15 is 0 Å². The molecule has 3 rings (SSSR count). The van der Waals surface area contributed by atoms with E-state index in [9.17, 15) is 13.2 Å². The molecule has 3 N–H and O–H groups in total. The number of piperidine rings is 1. The molecule has 1 amide bonds. The molecule has 0 aromatic heterocycles. The summed E-state index contributed by atoms with van der Waals surface area (Å²) in [5.41, 5.74) is 6.94. The first-order valence-corrected chi connectivity index (χ1v) is 10.2. The zero-order valence-electron chi connectivity index (χ0n) is 15.1. The summed E-state index contributed by atoms with van der Waals surface area (Å²) in [6.45, 7) is 1.03. The van der Waals surface area contributed by atoms with Crippen molar-refractivity contribution in [1.29, 1.82) is 0 Å². The van der Waals surface area contributed by atoms with Gasteiger partial charge >= 0.3 is 0 Å². The fourth-order valence-corrected chi connectivity index (χ4v) is 4.58. The van der Waals surface area contributed by atoms with Crippen molar-refractivity contribution in [3.63, 3.8) is 0 Å². The predicted octanol–water partition coefficient (Wildman–Crippen LogP) is 2.70. The molecule has 0 spiro atoms. The van der Waals surface area contributed by atoms with Gasteiger partial charge in [0.1, 0.15) is 5.75 Å². The number of hydrogen-bond donors (Lipinski definition) is 2. The summed E-state index contributed by atoms with van der Waals surface area (Å²) in [6, 6.07) is 11.0. The van der Waals surface area contributed by atoms with E-state index in [0.717, 1.165) is 19.3 Å². The van der Waals surface area contributed by atoms with Gasteiger partial charge in [-0.2, -0.15) is 4.31 Å². The molecule has 0 aliphatic carbocycles. The Balaban J connectivity index is 1.84. The molecule has 27 heavy (non-hydrogen) atoms. The van der Waals surface area contributed by atoms with Crippen molar-refractivity contribution in [2.75, 3.05) is 31.2 Å². The van der Waals surface area contributed by atoms with Crippen molar-refractivity contribution >= 4 is 27.3 Å². The van der Waals surface area contributed by atoms with Crippen LogP contribution in [0.4, 0.5) is 11.4 Å². The maximum Gasteiger partial charge on any atom is 0.255 e. The van der Waals surface area contributed by atoms with Crippen LogP contribution in [0.15, 0.2) is 47.4 Å². The minimum absolute atomic E-state index is 0.121. The van der Waals surface area contributed by atoms with Gasteiger partial charge in [0, 0.05) is 24.7 Å². The van der Waals surface area contributed by atoms with Crippen molar-refractivity contribution < 1.29 is 17.9 Å². The van der Waals surface area contributed by atoms with Crippen LogP contribution < -0.4 is 15.8 Å². The number of anilines is 2. The maximum absolute atomic E-state index is 12.8. The molecule has 1 saturated heterocycles. The van der Waals surface area contributed by atoms with Crippen LogP contribution in [0, 0.1) is 0 Å². The zero-order chi connectivity index (χ0) is 19.4. The van der Waals surface area contributed by atoms with Crippen LogP contribution in [0.25, 0.3) is 0 Å². The quantitative estimate of drug-likeness (QED) is 0.766. The lowest BCUT2D eigenvalue weighted by Gasteiger charge is -2.26. The van der Waals surface area contributed by atoms with E-state index in [1.54, 1.807) is 30.3 Å². The van der Waals surface area contributed by atoms with Gasteiger partial charge in [-0.05, 0) is 43.2 Å². The number of amides is 1. The number of nitrogen functional groups attached to an aromatic ring is 1. The molecule has 0 bridgehead atoms. The third-order valence-electron chi connectivity index (χ3n) is 4.56. The number of carbonyl (C=O) groups excluding carboxylic acids is 1. The topological polar surface area (TPSA) is 102 Å². The van der Waals surface area contributed by atoms with Gasteiger partial charge in [-0.15, -0.1) is 0 Å². The van der Waals surface area contributed by atoms with Crippen LogP contribution in [0.2, 0.25) is 0 Å². The van der Waals surface area contributed by atoms with Crippen LogP contribution >= 0.6 is 0 Å². The smallest absolute Gasteiger partial charge is 0.255 e. The zero-order valence-corrected chi connectivity index (χ0v) is 16.0. The van der Waals surface area contributed by atoms with Crippen LogP contribution in [-0.2, 0) is 10.0 Å². The summed E-state index contributed by atoms with van der Waals surface area (Å²) in [4.78, 5) is 12.7. The average molecular weight is 389 g/mol. The highest BCUT2D eigenvalue weighted by molar-refractivity contribution is 7.89. The first-order valence-electron chi connectivity index (χ1n) is 8.77. The average Bonchev–Trinajstić information content (AvgIpc) is 2.70. The summed E-state index contributed by atoms with van der Waals surface area (Å²) in [6.07, 6.45) is 2.75. The summed E-state index contributed by atoms with van der Waals surface area (Å²) in [5.74, 6) is 0.117. The van der Waals surface area contributed by atoms with Crippen LogP contribution in [0.1, 0.15) is 29.6 Å². The molecular formula is C19H23N3O4S. The predicted molar refractivity (Wildman–Crippen MR) is 104 cm³/mol. The summed E-state index contributed by atoms with van der Waals surface area (Å²) in [7, 11) is -2.08. The molecule has 2 aromatic rings. The lowest BCUT2D eigenvalue weighted by molar-refractivity contribution is 0.102. The van der Waals surface area contributed by atoms with E-state index in [4.69, 9.17) is 10.5 Å². The molecule has 144 valence electrons. The Labute approximate surface area is 159 Å². The standard InChI is InChI=1S/C19H23N3O4S/c1-26-15-8-9-17(20)18(13-15)21-19(23)14-6-5-7-16(12-14)27(24,25)22-10-3-2-4-11-22/h5-9,12-13H,2-4,10-11,20H2,1H3,(H,21,23). The fourth-order valence-electron chi connectivity index (χ4n) is 3.02. The van der Waals surface area contributed by atoms with Gasteiger partial charge in [0.25, 0.3) is 5.91 Å². The van der Waals surface area contributed by atoms with Crippen LogP contribution in [0.5, 0.6) is 5.75 Å². The number of hydrogen-bond acceptors (Lipinski definition) is 5. The fraction of sp³-hybridized carbons (Fsp3) is 0.316. The Morgan fingerprint density at radius 2 is 1.85 bits per heavy atom. The molecule has 1 heterocycles. The Morgan fingerprint density at radius 3 is 2.56 bits per heavy atom. The largest absolute Gasteiger partial charge is 0.497 e. The minimum Gasteiger partial charge on any atom is -0.497 e. The second-order valence-electron chi connectivity index (χ2n) is 6.40. The highest BCUT2D eigenvalue weighted by Gasteiger charge is 2.26. The second-order valence-corrected chi connectivity index (χ2v) is 8.34. The number of ether oxygens (including phenoxy) is 1. The molecule has 1 aliphatic heterocycles. The monoisotopic (exact) mass is 389 g/mol. The summed E-state index contributed by atoms with van der Waals surface area (Å²) >= 11 is 0. The first-order chi connectivity index (χ1) is 12.9. The van der Waals surface area contributed by atoms with Gasteiger partial charge in [0.15, 0.2) is 0 Å². The number of nitrogens with one attached hydrogen (secondary N) is 1. The molecule has 0 saturated carbocycles. The Morgan fingerprint density at radius 1 is 1.11 bits per heavy atom. The molecule has 0 radical (unpaired) electrons. The Bertz CT molecular complexity index is 938. The molecule has 7 nitrogen and oxygen atoms in total. The highest BCUT2D eigenvalue weighted by atomic mass is 32.2. The van der Waals surface area contributed by atoms with E-state index in [1.807, 2.05) is 0 Å². The van der Waals surface area contributed by atoms with Gasteiger partial charge < -0.3 is 15.8 Å². The third-order valence-corrected chi connectivity index (χ3v) is 6.45. The van der Waals surface area contributed by atoms with Crippen molar-refractivity contribution in [3.05, 3.63) is 48.0 Å². The van der Waals surface area contributed by atoms with Crippen LogP contribution in [-0.4, -0.2) is 38.8 Å². The Hall–Kier alpha value is -2.58. The molecule has 2 aromatic carbocycles. The molecular weight excluding hydrogens is 366 g/mol. The molecule has 1 aliphatic rings. The van der Waals surface area contributed by atoms with Gasteiger partial charge in [-0.25, -0.2) is 8.42 Å². The highest BCUT2D eigenvalue weighted by Crippen LogP contribution is 2.26. The lowest BCUT2D eigenvalue weighted by Crippen LogP contribution is -2.35. The van der Waals surface area contributed by atoms with E-state index < -0.39 is 15.9 Å². The van der Waals surface area contributed by atoms with Crippen LogP contribution in [0.3, 0.4) is 0 Å². The Kier molecular flexibility index (Phi) is 5.67. The molecule has 0 unspecified atom stereocenters. The minimum atomic E-state index is -3.60. The van der Waals surface area contributed by atoms with Gasteiger partial charge in [0.2, 0.25) is 10.0 Å². The number of methoxy groups -OCH3 is 1. The number of nitrogens with two attached hydrogens (primary N) is 1. The normalized spacial score (nSPS) is 15.3. The molecule has 1 fully saturated rings. The number of carbonyl (C=O) groups is 1. The van der Waals surface area contributed by atoms with Crippen molar-refractivity contribution in [3.8, 4) is 5.75 Å². The van der Waals surface area contributed by atoms with Gasteiger partial charge in [0.05, 0.1) is 23.4 Å². The number of sulfonamides is 1. The summed E-state index contributed by atoms with van der Waals surface area (Å²) < 4.78 is 32.2. The van der Waals surface area contributed by atoms with Gasteiger partial charge in [-0.1, -0.05) is 12.5 Å². The SMILES string of the molecule is COc1ccc(N)c(NC(=O)c2cccc(S(=O)(=O)N3CCCCC3)c2)c1. The number of nitrogens with zero attached hydrogens (tertiary/aromatic N) is 1. The number of benzene rings is 2. The van der Waals surface area contributed by atoms with Gasteiger partial charge in [-0.3, -0.25) is 4.79 Å². The van der Waals surface area contributed by atoms with Crippen molar-refractivity contribution in [1.82, 2.24) is 4.31 Å². The van der Waals surface area contributed by atoms with E-state index in [1.165, 1.54) is 23.5 Å². The molecule has 0 atom stereocenters. The third kappa shape index (κ3) is 4.23. The number of rotatable bonds is 5. The van der Waals surface area contributed by atoms with Crippen molar-refractivity contribution in [2.24, 2.45) is 0 Å². The second kappa shape index (κ2) is 7.98. The summed E-state index contributed by atoms with van der Waals surface area (Å²) in [5, 5.41) is 2.71. The van der Waals surface area contributed by atoms with E-state index in [0.29, 0.717) is 30.2 Å².